The zero-order valence-corrected chi connectivity index (χ0v) is 14.9. The van der Waals surface area contributed by atoms with Gasteiger partial charge in [0.2, 0.25) is 5.91 Å². The van der Waals surface area contributed by atoms with Gasteiger partial charge in [0.25, 0.3) is 5.91 Å². The summed E-state index contributed by atoms with van der Waals surface area (Å²) in [6.07, 6.45) is 1.45. The quantitative estimate of drug-likeness (QED) is 0.793. The minimum Gasteiger partial charge on any atom is -0.459 e. The van der Waals surface area contributed by atoms with E-state index in [1.165, 1.54) is 18.4 Å². The lowest BCUT2D eigenvalue weighted by Crippen LogP contribution is -2.51. The molecular formula is C18H19FN2O4S. The fraction of sp³-hybridized carbons (Fsp3) is 0.333. The molecule has 0 radical (unpaired) electrons. The second-order valence-electron chi connectivity index (χ2n) is 6.01. The summed E-state index contributed by atoms with van der Waals surface area (Å²) in [6.45, 7) is 1.59. The van der Waals surface area contributed by atoms with E-state index in [9.17, 15) is 18.2 Å². The van der Waals surface area contributed by atoms with Gasteiger partial charge in [-0.15, -0.1) is 0 Å². The Bertz CT molecular complexity index is 801. The Kier molecular flexibility index (Phi) is 5.82. The Labute approximate surface area is 153 Å². The van der Waals surface area contributed by atoms with E-state index in [1.54, 1.807) is 34.1 Å². The molecule has 1 aromatic heterocycles. The fourth-order valence-corrected chi connectivity index (χ4v) is 3.92. The van der Waals surface area contributed by atoms with E-state index in [-0.39, 0.29) is 34.9 Å². The molecule has 138 valence electrons. The molecule has 1 aromatic carbocycles. The van der Waals surface area contributed by atoms with E-state index in [0.29, 0.717) is 31.7 Å². The number of halogens is 1. The largest absolute Gasteiger partial charge is 0.459 e. The van der Waals surface area contributed by atoms with Crippen LogP contribution in [-0.4, -0.2) is 57.8 Å². The van der Waals surface area contributed by atoms with Crippen molar-refractivity contribution in [2.45, 2.75) is 5.75 Å². The van der Waals surface area contributed by atoms with Crippen molar-refractivity contribution in [2.24, 2.45) is 0 Å². The van der Waals surface area contributed by atoms with Gasteiger partial charge in [-0.2, -0.15) is 0 Å². The van der Waals surface area contributed by atoms with Crippen LogP contribution in [0, 0.1) is 5.82 Å². The van der Waals surface area contributed by atoms with Gasteiger partial charge in [0.15, 0.2) is 5.76 Å². The molecule has 0 unspecified atom stereocenters. The van der Waals surface area contributed by atoms with Crippen molar-refractivity contribution < 1.29 is 22.6 Å². The second kappa shape index (κ2) is 8.27. The van der Waals surface area contributed by atoms with Gasteiger partial charge in [-0.1, -0.05) is 12.1 Å². The van der Waals surface area contributed by atoms with Crippen molar-refractivity contribution in [3.63, 3.8) is 0 Å². The number of furan rings is 1. The number of carbonyl (C=O) groups excluding carboxylic acids is 2. The highest BCUT2D eigenvalue weighted by Gasteiger charge is 2.26. The number of nitrogens with zero attached hydrogens (tertiary/aromatic N) is 2. The molecule has 2 heterocycles. The summed E-state index contributed by atoms with van der Waals surface area (Å²) in [4.78, 5) is 27.7. The van der Waals surface area contributed by atoms with E-state index in [1.807, 2.05) is 0 Å². The number of rotatable bonds is 5. The molecule has 6 nitrogen and oxygen atoms in total. The van der Waals surface area contributed by atoms with Crippen LogP contribution in [0.3, 0.4) is 0 Å². The monoisotopic (exact) mass is 378 g/mol. The lowest BCUT2D eigenvalue weighted by Gasteiger charge is -2.34. The van der Waals surface area contributed by atoms with E-state index in [0.717, 1.165) is 0 Å². The van der Waals surface area contributed by atoms with Crippen LogP contribution in [0.15, 0.2) is 47.1 Å². The molecule has 2 aromatic rings. The molecule has 0 aliphatic carbocycles. The number of hydrogen-bond acceptors (Lipinski definition) is 4. The number of amides is 2. The first-order valence-electron chi connectivity index (χ1n) is 8.23. The molecule has 0 bridgehead atoms. The van der Waals surface area contributed by atoms with Gasteiger partial charge in [0.1, 0.15) is 11.6 Å². The van der Waals surface area contributed by atoms with Crippen molar-refractivity contribution in [1.82, 2.24) is 9.80 Å². The van der Waals surface area contributed by atoms with Gasteiger partial charge < -0.3 is 14.2 Å². The number of benzene rings is 1. The Morgan fingerprint density at radius 2 is 1.81 bits per heavy atom. The van der Waals surface area contributed by atoms with Gasteiger partial charge in [-0.05, 0) is 29.8 Å². The van der Waals surface area contributed by atoms with E-state index in [4.69, 9.17) is 4.42 Å². The van der Waals surface area contributed by atoms with Gasteiger partial charge >= 0.3 is 0 Å². The minimum absolute atomic E-state index is 0.108. The Morgan fingerprint density at radius 1 is 1.08 bits per heavy atom. The molecule has 1 fully saturated rings. The van der Waals surface area contributed by atoms with Gasteiger partial charge in [0, 0.05) is 42.7 Å². The Hall–Kier alpha value is -2.48. The third-order valence-electron chi connectivity index (χ3n) is 4.15. The SMILES string of the molecule is O=C(C[S@@](=O)Cc1cccc(F)c1)N1CCN(C(=O)c2ccco2)CC1. The molecule has 1 aliphatic rings. The summed E-state index contributed by atoms with van der Waals surface area (Å²) < 4.78 is 30.4. The van der Waals surface area contributed by atoms with Crippen LogP contribution in [0.2, 0.25) is 0 Å². The van der Waals surface area contributed by atoms with E-state index >= 15 is 0 Å². The van der Waals surface area contributed by atoms with Crippen LogP contribution < -0.4 is 0 Å². The summed E-state index contributed by atoms with van der Waals surface area (Å²) in [5.41, 5.74) is 0.602. The van der Waals surface area contributed by atoms with Crippen molar-refractivity contribution >= 4 is 22.6 Å². The maximum Gasteiger partial charge on any atom is 0.289 e. The van der Waals surface area contributed by atoms with Crippen LogP contribution in [0.4, 0.5) is 4.39 Å². The topological polar surface area (TPSA) is 70.8 Å². The highest BCUT2D eigenvalue weighted by Crippen LogP contribution is 2.11. The van der Waals surface area contributed by atoms with E-state index in [2.05, 4.69) is 0 Å². The van der Waals surface area contributed by atoms with Crippen LogP contribution in [0.1, 0.15) is 16.1 Å². The molecule has 26 heavy (non-hydrogen) atoms. The molecule has 1 saturated heterocycles. The molecule has 0 spiro atoms. The Balaban J connectivity index is 1.47. The summed E-state index contributed by atoms with van der Waals surface area (Å²) in [6, 6.07) is 9.14. The smallest absolute Gasteiger partial charge is 0.289 e. The van der Waals surface area contributed by atoms with E-state index < -0.39 is 10.8 Å². The average molecular weight is 378 g/mol. The third-order valence-corrected chi connectivity index (χ3v) is 5.38. The number of hydrogen-bond donors (Lipinski definition) is 0. The molecule has 1 atom stereocenters. The molecule has 8 heteroatoms. The van der Waals surface area contributed by atoms with Crippen LogP contribution in [0.5, 0.6) is 0 Å². The first kappa shape index (κ1) is 18.3. The van der Waals surface area contributed by atoms with Crippen molar-refractivity contribution in [3.05, 3.63) is 59.8 Å². The zero-order valence-electron chi connectivity index (χ0n) is 14.1. The first-order chi connectivity index (χ1) is 12.5. The van der Waals surface area contributed by atoms with Gasteiger partial charge in [-0.3, -0.25) is 13.8 Å². The summed E-state index contributed by atoms with van der Waals surface area (Å²) in [5.74, 6) is -0.492. The highest BCUT2D eigenvalue weighted by atomic mass is 32.2. The second-order valence-corrected chi connectivity index (χ2v) is 7.47. The molecule has 1 aliphatic heterocycles. The maximum atomic E-state index is 13.2. The lowest BCUT2D eigenvalue weighted by atomic mass is 10.2. The average Bonchev–Trinajstić information content (AvgIpc) is 3.15. The van der Waals surface area contributed by atoms with Crippen LogP contribution in [0.25, 0.3) is 0 Å². The standard InChI is InChI=1S/C18H19FN2O4S/c19-15-4-1-3-14(11-15)12-26(24)13-17(22)20-6-8-21(9-7-20)18(23)16-5-2-10-25-16/h1-5,10-11H,6-9,12-13H2/t26-/m0/s1. The van der Waals surface area contributed by atoms with Crippen LogP contribution in [-0.2, 0) is 21.3 Å². The van der Waals surface area contributed by atoms with Gasteiger partial charge in [0.05, 0.1) is 6.26 Å². The molecule has 0 N–H and O–H groups in total. The Morgan fingerprint density at radius 3 is 2.46 bits per heavy atom. The predicted molar refractivity (Wildman–Crippen MR) is 94.3 cm³/mol. The summed E-state index contributed by atoms with van der Waals surface area (Å²) in [7, 11) is -1.41. The van der Waals surface area contributed by atoms with Crippen molar-refractivity contribution in [3.8, 4) is 0 Å². The normalized spacial score (nSPS) is 15.7. The molecule has 3 rings (SSSR count). The number of carbonyl (C=O) groups is 2. The summed E-state index contributed by atoms with van der Waals surface area (Å²) in [5, 5.41) is 0. The van der Waals surface area contributed by atoms with Crippen LogP contribution >= 0.6 is 0 Å². The third kappa shape index (κ3) is 4.57. The minimum atomic E-state index is -1.41. The first-order valence-corrected chi connectivity index (χ1v) is 9.72. The molecular weight excluding hydrogens is 359 g/mol. The highest BCUT2D eigenvalue weighted by molar-refractivity contribution is 7.84. The zero-order chi connectivity index (χ0) is 18.5. The maximum absolute atomic E-state index is 13.2. The summed E-state index contributed by atoms with van der Waals surface area (Å²) >= 11 is 0. The van der Waals surface area contributed by atoms with Gasteiger partial charge in [-0.25, -0.2) is 4.39 Å². The van der Waals surface area contributed by atoms with Crippen molar-refractivity contribution in [1.29, 1.82) is 0 Å². The molecule has 0 saturated carbocycles. The predicted octanol–water partition coefficient (Wildman–Crippen LogP) is 1.65. The van der Waals surface area contributed by atoms with Crippen molar-refractivity contribution in [2.75, 3.05) is 31.9 Å². The molecule has 2 amide bonds. The number of piperazine rings is 1. The fourth-order valence-electron chi connectivity index (χ4n) is 2.81. The lowest BCUT2D eigenvalue weighted by molar-refractivity contribution is -0.129.